The monoisotopic (exact) mass is 384 g/mol. The van der Waals surface area contributed by atoms with Gasteiger partial charge in [0.1, 0.15) is 12.0 Å². The molecule has 1 aliphatic rings. The number of para-hydroxylation sites is 1. The number of nitrogens with zero attached hydrogens (tertiary/aromatic N) is 2. The lowest BCUT2D eigenvalue weighted by molar-refractivity contribution is 0.398. The van der Waals surface area contributed by atoms with Crippen molar-refractivity contribution in [3.63, 3.8) is 0 Å². The number of anilines is 2. The number of pyridine rings is 1. The van der Waals surface area contributed by atoms with Gasteiger partial charge in [0.2, 0.25) is 5.88 Å². The van der Waals surface area contributed by atoms with Crippen LogP contribution in [0, 0.1) is 17.5 Å². The standard InChI is InChI=1S/C20H15F3N4O/c1-28-17-7-6-12(10-24-17)25-20-13-4-2-3-5-16(13)26-19(27-20)11-8-14(21)18(23)15(22)9-11/h2-10,19,26H,1H3,(H,25,27). The fourth-order valence-corrected chi connectivity index (χ4v) is 2.90. The first-order valence-corrected chi connectivity index (χ1v) is 8.40. The second-order valence-electron chi connectivity index (χ2n) is 6.08. The highest BCUT2D eigenvalue weighted by Gasteiger charge is 2.23. The fourth-order valence-electron chi connectivity index (χ4n) is 2.90. The minimum atomic E-state index is -1.51. The quantitative estimate of drug-likeness (QED) is 0.654. The third-order valence-electron chi connectivity index (χ3n) is 4.26. The van der Waals surface area contributed by atoms with Gasteiger partial charge in [-0.1, -0.05) is 12.1 Å². The summed E-state index contributed by atoms with van der Waals surface area (Å²) in [6.07, 6.45) is 0.784. The number of ether oxygens (including phenoxy) is 1. The Labute approximate surface area is 158 Å². The van der Waals surface area contributed by atoms with Gasteiger partial charge in [-0.15, -0.1) is 0 Å². The molecule has 1 aliphatic heterocycles. The largest absolute Gasteiger partial charge is 0.481 e. The molecule has 4 rings (SSSR count). The third kappa shape index (κ3) is 3.36. The maximum absolute atomic E-state index is 13.7. The first-order chi connectivity index (χ1) is 13.5. The Morgan fingerprint density at radius 1 is 1.04 bits per heavy atom. The van der Waals surface area contributed by atoms with Crippen molar-refractivity contribution in [3.05, 3.63) is 83.3 Å². The number of benzene rings is 2. The van der Waals surface area contributed by atoms with Gasteiger partial charge >= 0.3 is 0 Å². The van der Waals surface area contributed by atoms with Crippen molar-refractivity contribution in [2.45, 2.75) is 6.17 Å². The molecule has 0 aliphatic carbocycles. The van der Waals surface area contributed by atoms with Crippen LogP contribution in [0.15, 0.2) is 59.7 Å². The highest BCUT2D eigenvalue weighted by atomic mass is 19.2. The zero-order chi connectivity index (χ0) is 19.7. The molecular weight excluding hydrogens is 369 g/mol. The number of nitrogens with one attached hydrogen (secondary N) is 2. The average molecular weight is 384 g/mol. The van der Waals surface area contributed by atoms with Gasteiger partial charge in [0.25, 0.3) is 0 Å². The molecule has 2 aromatic carbocycles. The molecule has 3 aromatic rings. The van der Waals surface area contributed by atoms with Crippen LogP contribution in [0.2, 0.25) is 0 Å². The minimum Gasteiger partial charge on any atom is -0.481 e. The van der Waals surface area contributed by atoms with Gasteiger partial charge in [0.15, 0.2) is 17.5 Å². The maximum Gasteiger partial charge on any atom is 0.213 e. The Morgan fingerprint density at radius 3 is 2.46 bits per heavy atom. The van der Waals surface area contributed by atoms with E-state index in [0.717, 1.165) is 23.4 Å². The van der Waals surface area contributed by atoms with E-state index in [4.69, 9.17) is 4.74 Å². The average Bonchev–Trinajstić information content (AvgIpc) is 2.72. The van der Waals surface area contributed by atoms with E-state index < -0.39 is 23.6 Å². The second-order valence-corrected chi connectivity index (χ2v) is 6.08. The molecule has 5 nitrogen and oxygen atoms in total. The molecule has 2 N–H and O–H groups in total. The zero-order valence-corrected chi connectivity index (χ0v) is 14.7. The Morgan fingerprint density at radius 2 is 1.79 bits per heavy atom. The SMILES string of the molecule is COc1ccc(NC2=NC(c3cc(F)c(F)c(F)c3)Nc3ccccc32)cn1. The van der Waals surface area contributed by atoms with Crippen LogP contribution in [0.5, 0.6) is 5.88 Å². The van der Waals surface area contributed by atoms with Crippen LogP contribution in [-0.4, -0.2) is 17.9 Å². The topological polar surface area (TPSA) is 58.5 Å². The molecule has 1 aromatic heterocycles. The van der Waals surface area contributed by atoms with E-state index in [-0.39, 0.29) is 5.56 Å². The number of halogens is 3. The van der Waals surface area contributed by atoms with E-state index in [0.29, 0.717) is 17.4 Å². The summed E-state index contributed by atoms with van der Waals surface area (Å²) < 4.78 is 45.7. The van der Waals surface area contributed by atoms with Crippen LogP contribution in [0.3, 0.4) is 0 Å². The summed E-state index contributed by atoms with van der Waals surface area (Å²) in [6.45, 7) is 0. The van der Waals surface area contributed by atoms with Gasteiger partial charge < -0.3 is 15.4 Å². The summed E-state index contributed by atoms with van der Waals surface area (Å²) in [5.74, 6) is -3.09. The maximum atomic E-state index is 13.7. The van der Waals surface area contributed by atoms with E-state index >= 15 is 0 Å². The zero-order valence-electron chi connectivity index (χ0n) is 14.7. The van der Waals surface area contributed by atoms with E-state index in [2.05, 4.69) is 20.6 Å². The summed E-state index contributed by atoms with van der Waals surface area (Å²) in [5, 5.41) is 6.26. The Hall–Kier alpha value is -3.55. The van der Waals surface area contributed by atoms with Crippen LogP contribution in [0.4, 0.5) is 24.5 Å². The van der Waals surface area contributed by atoms with Crippen molar-refractivity contribution in [1.82, 2.24) is 4.98 Å². The van der Waals surface area contributed by atoms with E-state index in [1.165, 1.54) is 7.11 Å². The molecule has 142 valence electrons. The smallest absolute Gasteiger partial charge is 0.213 e. The highest BCUT2D eigenvalue weighted by molar-refractivity contribution is 6.12. The second kappa shape index (κ2) is 7.22. The molecule has 0 amide bonds. The van der Waals surface area contributed by atoms with Gasteiger partial charge in [-0.05, 0) is 30.3 Å². The molecule has 28 heavy (non-hydrogen) atoms. The number of rotatable bonds is 3. The van der Waals surface area contributed by atoms with E-state index in [1.807, 2.05) is 24.3 Å². The Kier molecular flexibility index (Phi) is 4.60. The van der Waals surface area contributed by atoms with Crippen molar-refractivity contribution in [2.24, 2.45) is 4.99 Å². The number of fused-ring (bicyclic) bond motifs is 1. The summed E-state index contributed by atoms with van der Waals surface area (Å²) >= 11 is 0. The molecule has 0 radical (unpaired) electrons. The van der Waals surface area contributed by atoms with Crippen molar-refractivity contribution in [3.8, 4) is 5.88 Å². The van der Waals surface area contributed by atoms with Gasteiger partial charge in [-0.3, -0.25) is 0 Å². The van der Waals surface area contributed by atoms with Crippen molar-refractivity contribution >= 4 is 17.2 Å². The third-order valence-corrected chi connectivity index (χ3v) is 4.26. The minimum absolute atomic E-state index is 0.165. The molecule has 0 fully saturated rings. The lowest BCUT2D eigenvalue weighted by Gasteiger charge is -2.26. The normalized spacial score (nSPS) is 15.3. The molecule has 0 saturated heterocycles. The fraction of sp³-hybridized carbons (Fsp3) is 0.100. The summed E-state index contributed by atoms with van der Waals surface area (Å²) in [5.41, 5.74) is 2.32. The van der Waals surface area contributed by atoms with Crippen LogP contribution in [-0.2, 0) is 0 Å². The van der Waals surface area contributed by atoms with Crippen LogP contribution < -0.4 is 15.4 Å². The number of hydrogen-bond acceptors (Lipinski definition) is 5. The Balaban J connectivity index is 1.72. The van der Waals surface area contributed by atoms with Crippen molar-refractivity contribution in [1.29, 1.82) is 0 Å². The highest BCUT2D eigenvalue weighted by Crippen LogP contribution is 2.31. The van der Waals surface area contributed by atoms with Crippen LogP contribution in [0.25, 0.3) is 0 Å². The predicted octanol–water partition coefficient (Wildman–Crippen LogP) is 4.49. The number of amidine groups is 1. The van der Waals surface area contributed by atoms with Crippen LogP contribution in [0.1, 0.15) is 17.3 Å². The Bertz CT molecular complexity index is 1030. The molecule has 2 heterocycles. The first-order valence-electron chi connectivity index (χ1n) is 8.40. The van der Waals surface area contributed by atoms with Gasteiger partial charge in [0, 0.05) is 22.9 Å². The summed E-state index contributed by atoms with van der Waals surface area (Å²) in [7, 11) is 1.52. The summed E-state index contributed by atoms with van der Waals surface area (Å²) in [4.78, 5) is 8.66. The van der Waals surface area contributed by atoms with Gasteiger partial charge in [-0.25, -0.2) is 23.1 Å². The molecule has 1 unspecified atom stereocenters. The molecular formula is C20H15F3N4O. The molecule has 1 atom stereocenters. The number of aromatic nitrogens is 1. The number of methoxy groups -OCH3 is 1. The molecule has 0 bridgehead atoms. The van der Waals surface area contributed by atoms with Crippen molar-refractivity contribution < 1.29 is 17.9 Å². The molecule has 0 spiro atoms. The molecule has 0 saturated carbocycles. The first kappa shape index (κ1) is 17.8. The number of aliphatic imine (C=N–C) groups is 1. The predicted molar refractivity (Wildman–Crippen MR) is 100 cm³/mol. The summed E-state index contributed by atoms with van der Waals surface area (Å²) in [6, 6.07) is 12.7. The van der Waals surface area contributed by atoms with E-state index in [1.54, 1.807) is 18.3 Å². The lowest BCUT2D eigenvalue weighted by Crippen LogP contribution is -2.25. The van der Waals surface area contributed by atoms with Crippen LogP contribution >= 0.6 is 0 Å². The van der Waals surface area contributed by atoms with Gasteiger partial charge in [0.05, 0.1) is 19.0 Å². The molecule has 8 heteroatoms. The van der Waals surface area contributed by atoms with E-state index in [9.17, 15) is 13.2 Å². The van der Waals surface area contributed by atoms with Gasteiger partial charge in [-0.2, -0.15) is 0 Å². The van der Waals surface area contributed by atoms with Crippen molar-refractivity contribution in [2.75, 3.05) is 17.7 Å². The lowest BCUT2D eigenvalue weighted by atomic mass is 10.1. The number of hydrogen-bond donors (Lipinski definition) is 2.